The number of carbonyl (C=O) groups is 1. The van der Waals surface area contributed by atoms with E-state index in [1.165, 1.54) is 0 Å². The molecule has 0 amide bonds. The molecular formula is C25H29FN6O4. The summed E-state index contributed by atoms with van der Waals surface area (Å²) in [6, 6.07) is 6.50. The van der Waals surface area contributed by atoms with Crippen LogP contribution >= 0.6 is 0 Å². The lowest BCUT2D eigenvalue weighted by Crippen LogP contribution is -2.43. The number of alkyl halides is 1. The first-order chi connectivity index (χ1) is 17.4. The van der Waals surface area contributed by atoms with Gasteiger partial charge in [-0.3, -0.25) is 9.69 Å². The highest BCUT2D eigenvalue weighted by Crippen LogP contribution is 2.36. The van der Waals surface area contributed by atoms with Crippen molar-refractivity contribution in [1.29, 1.82) is 0 Å². The Balaban J connectivity index is 1.35. The molecule has 3 saturated heterocycles. The molecule has 2 unspecified atom stereocenters. The summed E-state index contributed by atoms with van der Waals surface area (Å²) in [5.74, 6) is 0.117. The fourth-order valence-corrected chi connectivity index (χ4v) is 5.87. The van der Waals surface area contributed by atoms with Gasteiger partial charge in [0.25, 0.3) is 0 Å². The maximum atomic E-state index is 15.3. The highest BCUT2D eigenvalue weighted by Gasteiger charge is 2.40. The summed E-state index contributed by atoms with van der Waals surface area (Å²) < 4.78 is 28.2. The Kier molecular flexibility index (Phi) is 5.76. The zero-order valence-electron chi connectivity index (χ0n) is 20.3. The minimum absolute atomic E-state index is 0.113. The molecule has 0 saturated carbocycles. The molecule has 2 bridgehead atoms. The molecule has 1 aromatic carbocycles. The Bertz CT molecular complexity index is 1320. The third-order valence-corrected chi connectivity index (χ3v) is 7.61. The van der Waals surface area contributed by atoms with Crippen molar-refractivity contribution in [1.82, 2.24) is 24.6 Å². The van der Waals surface area contributed by atoms with Gasteiger partial charge in [0.05, 0.1) is 44.1 Å². The molecule has 0 aliphatic carbocycles. The van der Waals surface area contributed by atoms with Crippen LogP contribution in [0.25, 0.3) is 16.7 Å². The van der Waals surface area contributed by atoms with Gasteiger partial charge in [-0.2, -0.15) is 15.1 Å². The number of piperidine rings is 1. The zero-order valence-corrected chi connectivity index (χ0v) is 20.3. The number of fused-ring (bicyclic) bond motifs is 3. The van der Waals surface area contributed by atoms with Crippen LogP contribution < -0.4 is 9.64 Å². The number of rotatable bonds is 6. The van der Waals surface area contributed by atoms with Crippen LogP contribution in [0.5, 0.6) is 6.01 Å². The Morgan fingerprint density at radius 2 is 2.08 bits per heavy atom. The molecule has 11 heteroatoms. The Morgan fingerprint density at radius 3 is 2.78 bits per heavy atom. The van der Waals surface area contributed by atoms with Crippen LogP contribution in [-0.2, 0) is 9.53 Å². The van der Waals surface area contributed by atoms with Crippen LogP contribution in [0.15, 0.2) is 24.4 Å². The number of anilines is 1. The highest BCUT2D eigenvalue weighted by atomic mass is 19.1. The van der Waals surface area contributed by atoms with Crippen LogP contribution in [0, 0.1) is 6.92 Å². The van der Waals surface area contributed by atoms with Gasteiger partial charge < -0.3 is 19.5 Å². The second kappa shape index (κ2) is 8.97. The molecule has 2 aromatic heterocycles. The first kappa shape index (κ1) is 23.1. The molecule has 3 aliphatic heterocycles. The monoisotopic (exact) mass is 496 g/mol. The summed E-state index contributed by atoms with van der Waals surface area (Å²) in [6.45, 7) is 3.98. The zero-order chi connectivity index (χ0) is 25.0. The number of hydrogen-bond donors (Lipinski definition) is 1. The topological polar surface area (TPSA) is 106 Å². The molecule has 3 aliphatic rings. The number of hydrogen-bond acceptors (Lipinski definition) is 8. The van der Waals surface area contributed by atoms with Gasteiger partial charge in [0, 0.05) is 30.5 Å². The predicted octanol–water partition coefficient (Wildman–Crippen LogP) is 2.32. The van der Waals surface area contributed by atoms with E-state index in [0.29, 0.717) is 31.4 Å². The number of methoxy groups -OCH3 is 1. The standard InChI is InChI=1S/C25H29FN6O4/c1-14-5-15-9-27-32(21(15)7-19(14)18-3-4-30(11-20(18)26)12-24(33)34)23-8-22(28-25(29-23)35-2)31-10-17-6-16(31)13-36-17/h5,7-9,16-18,20H,3-4,6,10-13H2,1-2H3,(H,33,34)/t16-,17-,18?,20?/m0/s1. The average molecular weight is 497 g/mol. The van der Waals surface area contributed by atoms with Crippen LogP contribution in [0.1, 0.15) is 29.9 Å². The summed E-state index contributed by atoms with van der Waals surface area (Å²) in [7, 11) is 1.54. The molecule has 190 valence electrons. The number of halogens is 1. The third kappa shape index (κ3) is 4.05. The summed E-state index contributed by atoms with van der Waals surface area (Å²) in [4.78, 5) is 24.1. The van der Waals surface area contributed by atoms with E-state index in [9.17, 15) is 4.79 Å². The lowest BCUT2D eigenvalue weighted by molar-refractivity contribution is -0.138. The molecule has 10 nitrogen and oxygen atoms in total. The number of nitrogens with zero attached hydrogens (tertiary/aromatic N) is 6. The van der Waals surface area contributed by atoms with E-state index >= 15 is 4.39 Å². The van der Waals surface area contributed by atoms with E-state index in [2.05, 4.69) is 20.0 Å². The molecule has 1 N–H and O–H groups in total. The molecule has 4 atom stereocenters. The summed E-state index contributed by atoms with van der Waals surface area (Å²) in [5, 5.41) is 14.6. The number of ether oxygens (including phenoxy) is 2. The predicted molar refractivity (Wildman–Crippen MR) is 130 cm³/mol. The van der Waals surface area contributed by atoms with Crippen molar-refractivity contribution in [2.24, 2.45) is 0 Å². The smallest absolute Gasteiger partial charge is 0.320 e. The normalized spacial score (nSPS) is 26.1. The highest BCUT2D eigenvalue weighted by molar-refractivity contribution is 5.82. The van der Waals surface area contributed by atoms with E-state index < -0.39 is 12.1 Å². The lowest BCUT2D eigenvalue weighted by atomic mass is 9.85. The van der Waals surface area contributed by atoms with Gasteiger partial charge in [0.2, 0.25) is 0 Å². The minimum Gasteiger partial charge on any atom is -0.480 e. The second-order valence-electron chi connectivity index (χ2n) is 9.93. The van der Waals surface area contributed by atoms with Crippen molar-refractivity contribution in [2.75, 3.05) is 44.8 Å². The number of aliphatic carboxylic acids is 1. The van der Waals surface area contributed by atoms with Gasteiger partial charge in [0.15, 0.2) is 5.82 Å². The quantitative estimate of drug-likeness (QED) is 0.550. The lowest BCUT2D eigenvalue weighted by Gasteiger charge is -2.34. The van der Waals surface area contributed by atoms with Crippen molar-refractivity contribution in [2.45, 2.75) is 44.0 Å². The van der Waals surface area contributed by atoms with Crippen molar-refractivity contribution < 1.29 is 23.8 Å². The molecule has 6 rings (SSSR count). The van der Waals surface area contributed by atoms with Gasteiger partial charge in [-0.15, -0.1) is 0 Å². The fraction of sp³-hybridized carbons (Fsp3) is 0.520. The third-order valence-electron chi connectivity index (χ3n) is 7.61. The molecule has 36 heavy (non-hydrogen) atoms. The number of aromatic nitrogens is 4. The van der Waals surface area contributed by atoms with Crippen LogP contribution in [0.4, 0.5) is 10.2 Å². The maximum Gasteiger partial charge on any atom is 0.320 e. The van der Waals surface area contributed by atoms with Crippen LogP contribution in [0.2, 0.25) is 0 Å². The van der Waals surface area contributed by atoms with Crippen molar-refractivity contribution in [3.63, 3.8) is 0 Å². The molecule has 3 fully saturated rings. The number of morpholine rings is 1. The van der Waals surface area contributed by atoms with Crippen molar-refractivity contribution >= 4 is 22.7 Å². The minimum atomic E-state index is -1.15. The number of carboxylic acids is 1. The van der Waals surface area contributed by atoms with Crippen LogP contribution in [-0.4, -0.2) is 93.9 Å². The molecule has 0 radical (unpaired) electrons. The van der Waals surface area contributed by atoms with E-state index in [1.807, 2.05) is 25.1 Å². The first-order valence-electron chi connectivity index (χ1n) is 12.3. The Morgan fingerprint density at radius 1 is 1.25 bits per heavy atom. The molecule has 0 spiro atoms. The second-order valence-corrected chi connectivity index (χ2v) is 9.93. The largest absolute Gasteiger partial charge is 0.480 e. The summed E-state index contributed by atoms with van der Waals surface area (Å²) in [6.07, 6.45) is 2.41. The van der Waals surface area contributed by atoms with E-state index in [0.717, 1.165) is 40.8 Å². The molecular weight excluding hydrogens is 467 g/mol. The number of carboxylic acid groups (broad SMARTS) is 1. The van der Waals surface area contributed by atoms with Gasteiger partial charge in [-0.25, -0.2) is 9.07 Å². The first-order valence-corrected chi connectivity index (χ1v) is 12.3. The molecule has 5 heterocycles. The van der Waals surface area contributed by atoms with Gasteiger partial charge in [-0.1, -0.05) is 0 Å². The van der Waals surface area contributed by atoms with Crippen molar-refractivity contribution in [3.8, 4) is 11.8 Å². The van der Waals surface area contributed by atoms with Gasteiger partial charge in [0.1, 0.15) is 12.0 Å². The number of benzene rings is 1. The maximum absolute atomic E-state index is 15.3. The fourth-order valence-electron chi connectivity index (χ4n) is 5.87. The molecule has 3 aromatic rings. The van der Waals surface area contributed by atoms with E-state index in [1.54, 1.807) is 22.9 Å². The summed E-state index contributed by atoms with van der Waals surface area (Å²) in [5.41, 5.74) is 2.74. The number of likely N-dealkylation sites (tertiary alicyclic amines) is 1. The van der Waals surface area contributed by atoms with Gasteiger partial charge in [-0.05, 0) is 49.6 Å². The van der Waals surface area contributed by atoms with Crippen LogP contribution in [0.3, 0.4) is 0 Å². The SMILES string of the molecule is COc1nc(N2C[C@@H]3C[C@H]2CO3)cc(-n2ncc3cc(C)c(C4CCN(CC(=O)O)CC4F)cc32)n1. The average Bonchev–Trinajstić information content (AvgIpc) is 3.59. The number of aryl methyl sites for hydroxylation is 1. The summed E-state index contributed by atoms with van der Waals surface area (Å²) >= 11 is 0. The van der Waals surface area contributed by atoms with Gasteiger partial charge >= 0.3 is 12.0 Å². The van der Waals surface area contributed by atoms with E-state index in [4.69, 9.17) is 14.6 Å². The van der Waals surface area contributed by atoms with Crippen molar-refractivity contribution in [3.05, 3.63) is 35.5 Å². The van der Waals surface area contributed by atoms with E-state index in [-0.39, 0.29) is 31.1 Å². The Labute approximate surface area is 207 Å². The Hall–Kier alpha value is -3.31.